The molecule has 0 aliphatic heterocycles. The average molecular weight is 379 g/mol. The molecule has 0 bridgehead atoms. The van der Waals surface area contributed by atoms with E-state index in [1.165, 1.54) is 26.9 Å². The summed E-state index contributed by atoms with van der Waals surface area (Å²) < 4.78 is 9.25. The highest BCUT2D eigenvalue weighted by Crippen LogP contribution is 2.28. The predicted molar refractivity (Wildman–Crippen MR) is 99.3 cm³/mol. The van der Waals surface area contributed by atoms with Crippen molar-refractivity contribution in [3.63, 3.8) is 0 Å². The summed E-state index contributed by atoms with van der Waals surface area (Å²) in [6, 6.07) is -0.259. The van der Waals surface area contributed by atoms with Gasteiger partial charge in [-0.25, -0.2) is 14.3 Å². The van der Waals surface area contributed by atoms with E-state index in [0.717, 1.165) is 10.4 Å². The Morgan fingerprint density at radius 3 is 2.62 bits per heavy atom. The first-order valence-corrected chi connectivity index (χ1v) is 9.05. The first kappa shape index (κ1) is 18.3. The second-order valence-electron chi connectivity index (χ2n) is 6.28. The van der Waals surface area contributed by atoms with Crippen LogP contribution >= 0.6 is 11.3 Å². The van der Waals surface area contributed by atoms with Crippen LogP contribution in [0.1, 0.15) is 30.3 Å². The van der Waals surface area contributed by atoms with Gasteiger partial charge in [0.2, 0.25) is 0 Å². The number of thiophene rings is 1. The fourth-order valence-electron chi connectivity index (χ4n) is 2.93. The molecule has 0 aromatic carbocycles. The number of aromatic amines is 1. The molecule has 10 heteroatoms. The Hall–Kier alpha value is -2.46. The average Bonchev–Trinajstić information content (AvgIpc) is 3.12. The van der Waals surface area contributed by atoms with Gasteiger partial charge < -0.3 is 4.74 Å². The third kappa shape index (κ3) is 2.95. The summed E-state index contributed by atoms with van der Waals surface area (Å²) in [7, 11) is 1.57. The normalized spacial score (nSPS) is 11.7. The Balaban J connectivity index is 2.29. The van der Waals surface area contributed by atoms with Gasteiger partial charge in [-0.2, -0.15) is 5.10 Å². The summed E-state index contributed by atoms with van der Waals surface area (Å²) in [5.74, 6) is 0. The molecular formula is C16H21N5O4S. The molecule has 0 fully saturated rings. The Kier molecular flexibility index (Phi) is 4.97. The lowest BCUT2D eigenvalue weighted by atomic mass is 10.2. The molecule has 26 heavy (non-hydrogen) atoms. The number of rotatable bonds is 6. The molecule has 0 unspecified atom stereocenters. The molecule has 3 aromatic heterocycles. The van der Waals surface area contributed by atoms with E-state index in [1.54, 1.807) is 25.5 Å². The van der Waals surface area contributed by atoms with Gasteiger partial charge >= 0.3 is 11.4 Å². The van der Waals surface area contributed by atoms with Crippen molar-refractivity contribution in [1.29, 1.82) is 0 Å². The zero-order valence-electron chi connectivity index (χ0n) is 15.1. The summed E-state index contributed by atoms with van der Waals surface area (Å²) >= 11 is 1.34. The minimum atomic E-state index is -0.348. The zero-order chi connectivity index (χ0) is 19.0. The Bertz CT molecular complexity index is 1110. The van der Waals surface area contributed by atoms with Crippen LogP contribution in [0.3, 0.4) is 0 Å². The van der Waals surface area contributed by atoms with Crippen molar-refractivity contribution in [3.05, 3.63) is 48.1 Å². The maximum Gasteiger partial charge on any atom is 0.343 e. The van der Waals surface area contributed by atoms with Gasteiger partial charge in [-0.05, 0) is 26.3 Å². The van der Waals surface area contributed by atoms with Crippen LogP contribution in [-0.2, 0) is 17.8 Å². The molecule has 3 rings (SSSR count). The quantitative estimate of drug-likeness (QED) is 0.679. The van der Waals surface area contributed by atoms with E-state index in [0.29, 0.717) is 23.4 Å². The van der Waals surface area contributed by atoms with Crippen LogP contribution in [0.4, 0.5) is 0 Å². The van der Waals surface area contributed by atoms with E-state index in [-0.39, 0.29) is 29.5 Å². The highest BCUT2D eigenvalue weighted by atomic mass is 32.1. The number of methoxy groups -OCH3 is 1. The minimum Gasteiger partial charge on any atom is -0.383 e. The summed E-state index contributed by atoms with van der Waals surface area (Å²) in [5, 5.41) is 4.48. The van der Waals surface area contributed by atoms with Crippen LogP contribution in [0.25, 0.3) is 10.2 Å². The fraction of sp³-hybridized carbons (Fsp3) is 0.500. The van der Waals surface area contributed by atoms with E-state index in [2.05, 4.69) is 10.1 Å². The number of hydrogen-bond acceptors (Lipinski definition) is 6. The molecule has 3 aromatic rings. The van der Waals surface area contributed by atoms with Gasteiger partial charge in [-0.3, -0.25) is 18.9 Å². The van der Waals surface area contributed by atoms with Crippen molar-refractivity contribution in [2.24, 2.45) is 0 Å². The van der Waals surface area contributed by atoms with Crippen molar-refractivity contribution < 1.29 is 4.74 Å². The van der Waals surface area contributed by atoms with E-state index in [9.17, 15) is 14.4 Å². The van der Waals surface area contributed by atoms with Crippen LogP contribution in [0.5, 0.6) is 0 Å². The van der Waals surface area contributed by atoms with Gasteiger partial charge in [0.1, 0.15) is 11.2 Å². The number of fused-ring (bicyclic) bond motifs is 1. The maximum atomic E-state index is 13.0. The van der Waals surface area contributed by atoms with Gasteiger partial charge in [-0.1, -0.05) is 0 Å². The van der Waals surface area contributed by atoms with Crippen molar-refractivity contribution in [2.75, 3.05) is 13.7 Å². The Morgan fingerprint density at radius 1 is 1.31 bits per heavy atom. The minimum absolute atomic E-state index is 0.243. The number of aryl methyl sites for hydroxylation is 1. The third-order valence-electron chi connectivity index (χ3n) is 4.29. The SMILES string of the molecule is COCCn1c(=O)n(C(C)C)c(=O)c2c(C)c(Cn3nc[nH]c3=O)sc21. The summed E-state index contributed by atoms with van der Waals surface area (Å²) in [6.07, 6.45) is 1.32. The van der Waals surface area contributed by atoms with Gasteiger partial charge in [0.25, 0.3) is 5.56 Å². The van der Waals surface area contributed by atoms with Crippen LogP contribution in [0.2, 0.25) is 0 Å². The standard InChI is InChI=1S/C16H21N5O4S/c1-9(2)21-13(22)12-10(3)11(7-20-15(23)17-8-18-20)26-14(12)19(16(21)24)5-6-25-4/h8-9H,5-7H2,1-4H3,(H,17,18,23). The second kappa shape index (κ2) is 7.04. The number of H-pyrrole nitrogens is 1. The highest BCUT2D eigenvalue weighted by Gasteiger charge is 2.21. The van der Waals surface area contributed by atoms with Crippen molar-refractivity contribution in [3.8, 4) is 0 Å². The number of ether oxygens (including phenoxy) is 1. The molecule has 0 aliphatic rings. The number of hydrogen-bond donors (Lipinski definition) is 1. The second-order valence-corrected chi connectivity index (χ2v) is 7.36. The number of nitrogens with zero attached hydrogens (tertiary/aromatic N) is 4. The highest BCUT2D eigenvalue weighted by molar-refractivity contribution is 7.18. The summed E-state index contributed by atoms with van der Waals surface area (Å²) in [4.78, 5) is 41.4. The molecule has 0 amide bonds. The maximum absolute atomic E-state index is 13.0. The largest absolute Gasteiger partial charge is 0.383 e. The predicted octanol–water partition coefficient (Wildman–Crippen LogP) is 0.694. The van der Waals surface area contributed by atoms with E-state index < -0.39 is 0 Å². The molecule has 0 spiro atoms. The molecule has 3 heterocycles. The number of aromatic nitrogens is 5. The lowest BCUT2D eigenvalue weighted by molar-refractivity contribution is 0.186. The molecule has 0 aliphatic carbocycles. The van der Waals surface area contributed by atoms with Gasteiger partial charge in [0, 0.05) is 18.0 Å². The lowest BCUT2D eigenvalue weighted by Gasteiger charge is -2.14. The van der Waals surface area contributed by atoms with Crippen molar-refractivity contribution in [1.82, 2.24) is 23.9 Å². The topological polar surface area (TPSA) is 104 Å². The molecular weight excluding hydrogens is 358 g/mol. The first-order valence-electron chi connectivity index (χ1n) is 8.23. The summed E-state index contributed by atoms with van der Waals surface area (Å²) in [6.45, 7) is 6.40. The van der Waals surface area contributed by atoms with Gasteiger partial charge in [0.15, 0.2) is 0 Å². The molecule has 0 radical (unpaired) electrons. The monoisotopic (exact) mass is 379 g/mol. The van der Waals surface area contributed by atoms with Gasteiger partial charge in [0.05, 0.1) is 25.1 Å². The van der Waals surface area contributed by atoms with E-state index in [1.807, 2.05) is 6.92 Å². The zero-order valence-corrected chi connectivity index (χ0v) is 15.9. The lowest BCUT2D eigenvalue weighted by Crippen LogP contribution is -2.41. The Morgan fingerprint density at radius 2 is 2.04 bits per heavy atom. The van der Waals surface area contributed by atoms with Crippen LogP contribution in [-0.4, -0.2) is 37.6 Å². The molecule has 1 N–H and O–H groups in total. The molecule has 0 saturated carbocycles. The van der Waals surface area contributed by atoms with Gasteiger partial charge in [-0.15, -0.1) is 11.3 Å². The summed E-state index contributed by atoms with van der Waals surface area (Å²) in [5.41, 5.74) is -0.203. The first-order chi connectivity index (χ1) is 12.4. The molecule has 140 valence electrons. The van der Waals surface area contributed by atoms with Crippen molar-refractivity contribution in [2.45, 2.75) is 39.9 Å². The smallest absolute Gasteiger partial charge is 0.343 e. The molecule has 0 saturated heterocycles. The molecule has 9 nitrogen and oxygen atoms in total. The van der Waals surface area contributed by atoms with Crippen LogP contribution < -0.4 is 16.9 Å². The number of nitrogens with one attached hydrogen (secondary N) is 1. The van der Waals surface area contributed by atoms with E-state index >= 15 is 0 Å². The molecule has 0 atom stereocenters. The fourth-order valence-corrected chi connectivity index (χ4v) is 4.22. The Labute approximate surface area is 152 Å². The van der Waals surface area contributed by atoms with E-state index in [4.69, 9.17) is 4.74 Å². The van der Waals surface area contributed by atoms with Crippen LogP contribution in [0.15, 0.2) is 20.7 Å². The third-order valence-corrected chi connectivity index (χ3v) is 5.59. The van der Waals surface area contributed by atoms with Crippen molar-refractivity contribution >= 4 is 21.6 Å². The van der Waals surface area contributed by atoms with Crippen LogP contribution in [0, 0.1) is 6.92 Å².